The Morgan fingerprint density at radius 1 is 1.08 bits per heavy atom. The number of likely N-dealkylation sites (tertiary alicyclic amines) is 1. The van der Waals surface area contributed by atoms with Gasteiger partial charge in [0.1, 0.15) is 5.75 Å². The van der Waals surface area contributed by atoms with Crippen molar-refractivity contribution in [1.82, 2.24) is 9.80 Å². The van der Waals surface area contributed by atoms with Crippen LogP contribution in [0.1, 0.15) is 23.2 Å². The highest BCUT2D eigenvalue weighted by Crippen LogP contribution is 2.22. The van der Waals surface area contributed by atoms with Crippen LogP contribution >= 0.6 is 0 Å². The van der Waals surface area contributed by atoms with Gasteiger partial charge in [0.2, 0.25) is 5.91 Å². The van der Waals surface area contributed by atoms with E-state index >= 15 is 0 Å². The number of hydrogen-bond acceptors (Lipinski definition) is 3. The van der Waals surface area contributed by atoms with E-state index in [-0.39, 0.29) is 17.7 Å². The molecule has 0 aromatic heterocycles. The monoisotopic (exact) mass is 346 g/mol. The van der Waals surface area contributed by atoms with Crippen LogP contribution in [0, 0.1) is 5.92 Å². The molecule has 1 N–H and O–H groups in total. The van der Waals surface area contributed by atoms with Crippen molar-refractivity contribution < 1.29 is 19.2 Å². The molecular weight excluding hydrogens is 318 g/mol. The lowest BCUT2D eigenvalue weighted by atomic mass is 9.94. The fraction of sp³-hybridized carbons (Fsp3) is 0.579. The summed E-state index contributed by atoms with van der Waals surface area (Å²) >= 11 is 0. The molecule has 2 fully saturated rings. The minimum atomic E-state index is 0.0213. The molecule has 0 spiro atoms. The van der Waals surface area contributed by atoms with Crippen molar-refractivity contribution in [3.05, 3.63) is 29.8 Å². The van der Waals surface area contributed by atoms with Gasteiger partial charge in [-0.1, -0.05) is 6.07 Å². The van der Waals surface area contributed by atoms with Crippen LogP contribution in [0.5, 0.6) is 5.75 Å². The predicted octanol–water partition coefficient (Wildman–Crippen LogP) is -0.0957. The summed E-state index contributed by atoms with van der Waals surface area (Å²) in [7, 11) is 3.77. The molecule has 25 heavy (non-hydrogen) atoms. The van der Waals surface area contributed by atoms with E-state index in [9.17, 15) is 9.59 Å². The Morgan fingerprint density at radius 2 is 1.76 bits per heavy atom. The third kappa shape index (κ3) is 4.12. The van der Waals surface area contributed by atoms with Gasteiger partial charge in [-0.2, -0.15) is 0 Å². The molecule has 0 radical (unpaired) electrons. The molecule has 2 aliphatic rings. The van der Waals surface area contributed by atoms with Crippen LogP contribution in [0.15, 0.2) is 24.3 Å². The van der Waals surface area contributed by atoms with Crippen molar-refractivity contribution in [3.63, 3.8) is 0 Å². The summed E-state index contributed by atoms with van der Waals surface area (Å²) in [6.07, 6.45) is 1.52. The molecule has 0 saturated carbocycles. The number of carbonyl (C=O) groups is 2. The molecule has 6 heteroatoms. The van der Waals surface area contributed by atoms with Crippen LogP contribution in [0.3, 0.4) is 0 Å². The van der Waals surface area contributed by atoms with Crippen molar-refractivity contribution in [2.75, 3.05) is 53.4 Å². The average molecular weight is 346 g/mol. The lowest BCUT2D eigenvalue weighted by molar-refractivity contribution is -0.883. The summed E-state index contributed by atoms with van der Waals surface area (Å²) in [6, 6.07) is 7.25. The number of piperazine rings is 1. The second-order valence-corrected chi connectivity index (χ2v) is 7.08. The number of amides is 2. The van der Waals surface area contributed by atoms with E-state index in [0.29, 0.717) is 24.4 Å². The summed E-state index contributed by atoms with van der Waals surface area (Å²) in [4.78, 5) is 30.7. The zero-order chi connectivity index (χ0) is 17.8. The quantitative estimate of drug-likeness (QED) is 0.832. The molecule has 2 amide bonds. The van der Waals surface area contributed by atoms with Crippen LogP contribution in [0.25, 0.3) is 0 Å². The summed E-state index contributed by atoms with van der Waals surface area (Å²) in [6.45, 7) is 5.05. The molecule has 1 aromatic carbocycles. The standard InChI is InChI=1S/C19H27N3O3/c1-20-10-12-22(13-11-20)18(23)15-6-8-21(9-7-15)19(24)16-4-3-5-17(14-16)25-2/h3-5,14-15H,6-13H2,1-2H3/p+1. The van der Waals surface area contributed by atoms with Crippen LogP contribution < -0.4 is 9.64 Å². The van der Waals surface area contributed by atoms with E-state index in [1.165, 1.54) is 4.90 Å². The van der Waals surface area contributed by atoms with Crippen molar-refractivity contribution in [2.45, 2.75) is 12.8 Å². The van der Waals surface area contributed by atoms with E-state index in [0.717, 1.165) is 39.0 Å². The molecule has 0 aliphatic carbocycles. The largest absolute Gasteiger partial charge is 0.497 e. The molecule has 3 rings (SSSR count). The van der Waals surface area contributed by atoms with E-state index < -0.39 is 0 Å². The van der Waals surface area contributed by atoms with Gasteiger partial charge in [-0.3, -0.25) is 9.59 Å². The number of methoxy groups -OCH3 is 1. The number of hydrogen-bond donors (Lipinski definition) is 1. The second kappa shape index (κ2) is 7.87. The van der Waals surface area contributed by atoms with Gasteiger partial charge in [0.05, 0.1) is 40.3 Å². The Morgan fingerprint density at radius 3 is 2.40 bits per heavy atom. The number of carbonyl (C=O) groups excluding carboxylic acids is 2. The molecule has 6 nitrogen and oxygen atoms in total. The Hall–Kier alpha value is -2.08. The minimum absolute atomic E-state index is 0.0213. The van der Waals surface area contributed by atoms with E-state index in [1.807, 2.05) is 28.0 Å². The average Bonchev–Trinajstić information content (AvgIpc) is 2.67. The topological polar surface area (TPSA) is 54.3 Å². The molecule has 2 aliphatic heterocycles. The van der Waals surface area contributed by atoms with Crippen LogP contribution in [0.4, 0.5) is 0 Å². The first kappa shape index (κ1) is 17.7. The van der Waals surface area contributed by atoms with Gasteiger partial charge in [-0.05, 0) is 31.0 Å². The van der Waals surface area contributed by atoms with Crippen LogP contribution in [-0.4, -0.2) is 75.0 Å². The zero-order valence-electron chi connectivity index (χ0n) is 15.2. The molecule has 0 unspecified atom stereocenters. The fourth-order valence-corrected chi connectivity index (χ4v) is 3.64. The molecule has 1 aromatic rings. The number of nitrogens with one attached hydrogen (secondary N) is 1. The highest BCUT2D eigenvalue weighted by molar-refractivity contribution is 5.94. The predicted molar refractivity (Wildman–Crippen MR) is 94.8 cm³/mol. The lowest BCUT2D eigenvalue weighted by Gasteiger charge is -2.36. The minimum Gasteiger partial charge on any atom is -0.497 e. The summed E-state index contributed by atoms with van der Waals surface area (Å²) in [5, 5.41) is 0. The third-order valence-corrected chi connectivity index (χ3v) is 5.38. The normalized spacial score (nSPS) is 19.8. The van der Waals surface area contributed by atoms with E-state index in [2.05, 4.69) is 7.05 Å². The van der Waals surface area contributed by atoms with Gasteiger partial charge in [-0.25, -0.2) is 0 Å². The third-order valence-electron chi connectivity index (χ3n) is 5.38. The number of rotatable bonds is 3. The van der Waals surface area contributed by atoms with Gasteiger partial charge in [0, 0.05) is 24.6 Å². The summed E-state index contributed by atoms with van der Waals surface area (Å²) < 4.78 is 5.19. The Kier molecular flexibility index (Phi) is 5.58. The van der Waals surface area contributed by atoms with E-state index in [4.69, 9.17) is 4.74 Å². The van der Waals surface area contributed by atoms with Crippen molar-refractivity contribution in [2.24, 2.45) is 5.92 Å². The molecule has 136 valence electrons. The van der Waals surface area contributed by atoms with E-state index in [1.54, 1.807) is 13.2 Å². The Labute approximate surface area is 149 Å². The number of quaternary nitrogens is 1. The number of ether oxygens (including phenoxy) is 1. The maximum Gasteiger partial charge on any atom is 0.253 e. The molecular formula is C19H28N3O3+. The van der Waals surface area contributed by atoms with Crippen molar-refractivity contribution in [1.29, 1.82) is 0 Å². The second-order valence-electron chi connectivity index (χ2n) is 7.08. The highest BCUT2D eigenvalue weighted by Gasteiger charge is 2.32. The van der Waals surface area contributed by atoms with Gasteiger partial charge >= 0.3 is 0 Å². The Bertz CT molecular complexity index is 618. The number of piperidine rings is 1. The molecule has 0 atom stereocenters. The fourth-order valence-electron chi connectivity index (χ4n) is 3.64. The summed E-state index contributed by atoms with van der Waals surface area (Å²) in [5.74, 6) is 1.05. The van der Waals surface area contributed by atoms with Crippen molar-refractivity contribution >= 4 is 11.8 Å². The first-order chi connectivity index (χ1) is 12.1. The first-order valence-corrected chi connectivity index (χ1v) is 9.12. The first-order valence-electron chi connectivity index (χ1n) is 9.12. The summed E-state index contributed by atoms with van der Waals surface area (Å²) in [5.41, 5.74) is 0.645. The maximum atomic E-state index is 12.7. The number of likely N-dealkylation sites (N-methyl/N-ethyl adjacent to an activating group) is 1. The molecule has 0 bridgehead atoms. The molecule has 2 saturated heterocycles. The maximum absolute atomic E-state index is 12.7. The Balaban J connectivity index is 1.54. The van der Waals surface area contributed by atoms with Gasteiger partial charge in [-0.15, -0.1) is 0 Å². The molecule has 2 heterocycles. The van der Waals surface area contributed by atoms with Crippen molar-refractivity contribution in [3.8, 4) is 5.75 Å². The number of nitrogens with zero attached hydrogens (tertiary/aromatic N) is 2. The van der Waals surface area contributed by atoms with Gasteiger partial charge in [0.25, 0.3) is 5.91 Å². The SMILES string of the molecule is COc1cccc(C(=O)N2CCC(C(=O)N3CC[NH+](C)CC3)CC2)c1. The van der Waals surface area contributed by atoms with Gasteiger partial charge in [0.15, 0.2) is 0 Å². The smallest absolute Gasteiger partial charge is 0.253 e. The van der Waals surface area contributed by atoms with Crippen LogP contribution in [0.2, 0.25) is 0 Å². The lowest BCUT2D eigenvalue weighted by Crippen LogP contribution is -3.12. The van der Waals surface area contributed by atoms with Crippen LogP contribution in [-0.2, 0) is 4.79 Å². The number of benzene rings is 1. The van der Waals surface area contributed by atoms with Gasteiger partial charge < -0.3 is 19.4 Å². The highest BCUT2D eigenvalue weighted by atomic mass is 16.5. The zero-order valence-corrected chi connectivity index (χ0v) is 15.2.